The molecule has 0 unspecified atom stereocenters. The number of aromatic nitrogens is 1. The molecule has 2 heterocycles. The van der Waals surface area contributed by atoms with Crippen molar-refractivity contribution in [1.82, 2.24) is 9.88 Å². The molecule has 1 aliphatic heterocycles. The first-order valence-corrected chi connectivity index (χ1v) is 6.98. The van der Waals surface area contributed by atoms with Crippen molar-refractivity contribution >= 4 is 11.4 Å². The van der Waals surface area contributed by atoms with Crippen LogP contribution in [0.15, 0.2) is 42.6 Å². The molecule has 4 nitrogen and oxygen atoms in total. The highest BCUT2D eigenvalue weighted by Crippen LogP contribution is 2.23. The van der Waals surface area contributed by atoms with Gasteiger partial charge in [-0.3, -0.25) is 4.98 Å². The number of likely N-dealkylation sites (N-methyl/N-ethyl adjacent to an activating group) is 1. The molecule has 0 atom stereocenters. The summed E-state index contributed by atoms with van der Waals surface area (Å²) in [6, 6.07) is 12.1. The highest BCUT2D eigenvalue weighted by atomic mass is 15.2. The van der Waals surface area contributed by atoms with Gasteiger partial charge in [-0.05, 0) is 31.3 Å². The molecule has 0 amide bonds. The maximum absolute atomic E-state index is 5.73. The molecule has 20 heavy (non-hydrogen) atoms. The van der Waals surface area contributed by atoms with Crippen molar-refractivity contribution in [2.75, 3.05) is 43.9 Å². The zero-order chi connectivity index (χ0) is 13.9. The van der Waals surface area contributed by atoms with Crippen molar-refractivity contribution in [2.45, 2.75) is 0 Å². The zero-order valence-electron chi connectivity index (χ0n) is 11.8. The molecule has 1 fully saturated rings. The maximum Gasteiger partial charge on any atom is 0.0722 e. The Morgan fingerprint density at radius 1 is 1.00 bits per heavy atom. The number of nitrogen functional groups attached to an aromatic ring is 1. The number of benzene rings is 1. The van der Waals surface area contributed by atoms with Crippen molar-refractivity contribution in [3.8, 4) is 11.3 Å². The fourth-order valence-corrected chi connectivity index (χ4v) is 2.49. The second-order valence-electron chi connectivity index (χ2n) is 5.31. The number of hydrogen-bond donors (Lipinski definition) is 1. The number of pyridine rings is 1. The minimum absolute atomic E-state index is 0.781. The van der Waals surface area contributed by atoms with E-state index in [1.165, 1.54) is 5.69 Å². The summed E-state index contributed by atoms with van der Waals surface area (Å²) in [6.07, 6.45) is 1.89. The Morgan fingerprint density at radius 2 is 1.70 bits per heavy atom. The lowest BCUT2D eigenvalue weighted by Crippen LogP contribution is -2.44. The van der Waals surface area contributed by atoms with E-state index in [1.54, 1.807) is 0 Å². The van der Waals surface area contributed by atoms with E-state index in [0.717, 1.165) is 43.1 Å². The third kappa shape index (κ3) is 2.75. The topological polar surface area (TPSA) is 45.4 Å². The van der Waals surface area contributed by atoms with Gasteiger partial charge in [-0.25, -0.2) is 0 Å². The highest BCUT2D eigenvalue weighted by Gasteiger charge is 2.14. The molecule has 104 valence electrons. The summed E-state index contributed by atoms with van der Waals surface area (Å²) in [5.74, 6) is 0. The predicted molar refractivity (Wildman–Crippen MR) is 83.8 cm³/mol. The van der Waals surface area contributed by atoms with Crippen LogP contribution in [0.25, 0.3) is 11.3 Å². The Labute approximate surface area is 119 Å². The smallest absolute Gasteiger partial charge is 0.0722 e. The predicted octanol–water partition coefficient (Wildman–Crippen LogP) is 2.08. The van der Waals surface area contributed by atoms with Gasteiger partial charge >= 0.3 is 0 Å². The van der Waals surface area contributed by atoms with Gasteiger partial charge in [0.15, 0.2) is 0 Å². The lowest BCUT2D eigenvalue weighted by molar-refractivity contribution is 0.313. The monoisotopic (exact) mass is 268 g/mol. The standard InChI is InChI=1S/C16H20N4/c1-19-8-10-20(11-9-19)15-6-7-18-16(12-15)13-2-4-14(17)5-3-13/h2-7,12H,8-11,17H2,1H3. The number of rotatable bonds is 2. The summed E-state index contributed by atoms with van der Waals surface area (Å²) < 4.78 is 0. The van der Waals surface area contributed by atoms with Gasteiger partial charge in [-0.2, -0.15) is 0 Å². The Hall–Kier alpha value is -2.07. The van der Waals surface area contributed by atoms with Crippen LogP contribution in [0, 0.1) is 0 Å². The lowest BCUT2D eigenvalue weighted by Gasteiger charge is -2.34. The van der Waals surface area contributed by atoms with Crippen molar-refractivity contribution in [3.63, 3.8) is 0 Å². The third-order valence-corrected chi connectivity index (χ3v) is 3.82. The summed E-state index contributed by atoms with van der Waals surface area (Å²) in [6.45, 7) is 4.36. The van der Waals surface area contributed by atoms with Crippen molar-refractivity contribution in [3.05, 3.63) is 42.6 Å². The minimum atomic E-state index is 0.781. The molecule has 4 heteroatoms. The second-order valence-corrected chi connectivity index (χ2v) is 5.31. The number of anilines is 2. The van der Waals surface area contributed by atoms with Crippen LogP contribution in [0.2, 0.25) is 0 Å². The van der Waals surface area contributed by atoms with Crippen LogP contribution in [-0.4, -0.2) is 43.1 Å². The Bertz CT molecular complexity index is 571. The SMILES string of the molecule is CN1CCN(c2ccnc(-c3ccc(N)cc3)c2)CC1. The molecule has 2 N–H and O–H groups in total. The van der Waals surface area contributed by atoms with Crippen LogP contribution in [0.1, 0.15) is 0 Å². The minimum Gasteiger partial charge on any atom is -0.399 e. The summed E-state index contributed by atoms with van der Waals surface area (Å²) >= 11 is 0. The van der Waals surface area contributed by atoms with Gasteiger partial charge in [0.25, 0.3) is 0 Å². The number of hydrogen-bond acceptors (Lipinski definition) is 4. The van der Waals surface area contributed by atoms with E-state index in [2.05, 4.69) is 34.0 Å². The zero-order valence-corrected chi connectivity index (χ0v) is 11.8. The van der Waals surface area contributed by atoms with Gasteiger partial charge in [0, 0.05) is 49.3 Å². The van der Waals surface area contributed by atoms with Crippen LogP contribution < -0.4 is 10.6 Å². The molecular formula is C16H20N4. The molecule has 2 aromatic rings. The quantitative estimate of drug-likeness (QED) is 0.847. The Balaban J connectivity index is 1.84. The first kappa shape index (κ1) is 12.9. The third-order valence-electron chi connectivity index (χ3n) is 3.82. The van der Waals surface area contributed by atoms with Gasteiger partial charge in [0.1, 0.15) is 0 Å². The molecule has 0 aliphatic carbocycles. The summed E-state index contributed by atoms with van der Waals surface area (Å²) in [7, 11) is 2.17. The normalized spacial score (nSPS) is 16.4. The molecule has 1 aliphatic rings. The Kier molecular flexibility index (Phi) is 3.56. The van der Waals surface area contributed by atoms with Crippen LogP contribution >= 0.6 is 0 Å². The van der Waals surface area contributed by atoms with Crippen molar-refractivity contribution in [2.24, 2.45) is 0 Å². The Morgan fingerprint density at radius 3 is 2.40 bits per heavy atom. The molecule has 1 aromatic carbocycles. The van der Waals surface area contributed by atoms with E-state index in [1.807, 2.05) is 30.5 Å². The summed E-state index contributed by atoms with van der Waals surface area (Å²) in [4.78, 5) is 9.25. The molecule has 1 saturated heterocycles. The van der Waals surface area contributed by atoms with Gasteiger partial charge in [-0.1, -0.05) is 12.1 Å². The van der Waals surface area contributed by atoms with Crippen LogP contribution in [-0.2, 0) is 0 Å². The van der Waals surface area contributed by atoms with Crippen LogP contribution in [0.5, 0.6) is 0 Å². The average molecular weight is 268 g/mol. The van der Waals surface area contributed by atoms with E-state index in [9.17, 15) is 0 Å². The van der Waals surface area contributed by atoms with Crippen molar-refractivity contribution < 1.29 is 0 Å². The average Bonchev–Trinajstić information content (AvgIpc) is 2.49. The highest BCUT2D eigenvalue weighted by molar-refractivity contribution is 5.66. The molecule has 0 saturated carbocycles. The van der Waals surface area contributed by atoms with E-state index < -0.39 is 0 Å². The number of piperazine rings is 1. The lowest BCUT2D eigenvalue weighted by atomic mass is 10.1. The maximum atomic E-state index is 5.73. The van der Waals surface area contributed by atoms with Gasteiger partial charge in [0.05, 0.1) is 5.69 Å². The molecule has 0 bridgehead atoms. The van der Waals surface area contributed by atoms with E-state index in [-0.39, 0.29) is 0 Å². The molecular weight excluding hydrogens is 248 g/mol. The van der Waals surface area contributed by atoms with Crippen molar-refractivity contribution in [1.29, 1.82) is 0 Å². The van der Waals surface area contributed by atoms with E-state index in [4.69, 9.17) is 5.73 Å². The molecule has 0 radical (unpaired) electrons. The second kappa shape index (κ2) is 5.51. The van der Waals surface area contributed by atoms with Gasteiger partial charge < -0.3 is 15.5 Å². The van der Waals surface area contributed by atoms with Gasteiger partial charge in [-0.15, -0.1) is 0 Å². The first-order chi connectivity index (χ1) is 9.72. The summed E-state index contributed by atoms with van der Waals surface area (Å²) in [5.41, 5.74) is 9.87. The largest absolute Gasteiger partial charge is 0.399 e. The number of nitrogens with zero attached hydrogens (tertiary/aromatic N) is 3. The fourth-order valence-electron chi connectivity index (χ4n) is 2.49. The summed E-state index contributed by atoms with van der Waals surface area (Å²) in [5, 5.41) is 0. The van der Waals surface area contributed by atoms with Crippen LogP contribution in [0.4, 0.5) is 11.4 Å². The first-order valence-electron chi connectivity index (χ1n) is 6.98. The molecule has 0 spiro atoms. The number of nitrogens with two attached hydrogens (primary N) is 1. The van der Waals surface area contributed by atoms with Crippen LogP contribution in [0.3, 0.4) is 0 Å². The molecule has 3 rings (SSSR count). The van der Waals surface area contributed by atoms with Gasteiger partial charge in [0.2, 0.25) is 0 Å². The molecule has 1 aromatic heterocycles. The fraction of sp³-hybridized carbons (Fsp3) is 0.312. The van der Waals surface area contributed by atoms with E-state index >= 15 is 0 Å². The van der Waals surface area contributed by atoms with E-state index in [0.29, 0.717) is 0 Å².